The van der Waals surface area contributed by atoms with Crippen LogP contribution < -0.4 is 43.5 Å². The number of hydrogen-bond donors (Lipinski definition) is 5. The van der Waals surface area contributed by atoms with Crippen LogP contribution in [0.1, 0.15) is 308 Å². The van der Waals surface area contributed by atoms with E-state index in [1.807, 2.05) is 418 Å². The van der Waals surface area contributed by atoms with Gasteiger partial charge in [0, 0.05) is 66.8 Å². The smallest absolute Gasteiger partial charge is 0.376 e. The van der Waals surface area contributed by atoms with E-state index in [9.17, 15) is 49.2 Å². The molecule has 6 N–H and O–H groups in total. The van der Waals surface area contributed by atoms with Crippen molar-refractivity contribution < 1.29 is 86.9 Å². The fourth-order valence-electron chi connectivity index (χ4n) is 15.8. The monoisotopic (exact) mass is 1870 g/mol. The third-order valence-corrected chi connectivity index (χ3v) is 21.3. The molecule has 5 aliphatic rings. The summed E-state index contributed by atoms with van der Waals surface area (Å²) < 4.78 is 0. The first-order chi connectivity index (χ1) is 67.7. The van der Waals surface area contributed by atoms with E-state index in [0.29, 0.717) is 111 Å². The van der Waals surface area contributed by atoms with Gasteiger partial charge in [0.1, 0.15) is 22.4 Å². The van der Waals surface area contributed by atoms with Crippen molar-refractivity contribution in [1.82, 2.24) is 0 Å². The van der Waals surface area contributed by atoms with Crippen LogP contribution in [0.5, 0.6) is 0 Å². The summed E-state index contributed by atoms with van der Waals surface area (Å²) in [6.45, 7) is 40.0. The van der Waals surface area contributed by atoms with Gasteiger partial charge in [-0.25, -0.2) is 0 Å². The fourth-order valence-corrected chi connectivity index (χ4v) is 15.8. The maximum Gasteiger partial charge on any atom is 1.00 e. The summed E-state index contributed by atoms with van der Waals surface area (Å²) in [7, 11) is 1.50. The van der Waals surface area contributed by atoms with Crippen molar-refractivity contribution in [3.63, 3.8) is 0 Å². The number of hydrogen-bond acceptors (Lipinski definition) is 11. The number of carbonyl (C=O) groups is 6. The fraction of sp³-hybridized carbons (Fsp3) is 0.203. The average Bonchev–Trinajstić information content (AvgIpc) is 0.697. The SMILES string of the molecule is C.CC.CC.CC.CC.CC.CC.CC.CC.CC.CC.CN.O=C1c2ccccc2C(=O)c2ccccc21.O=C1c2ccccc2C(=O)c2ccccc21.O=C1c2ccccc2C(=O)c2ccccc21.OC1(c2ccccc2)c2ccccc2C(O)(c2ccccc2)c2ccccc21.OC1(c2ccccc2)c2ccccc2C(O)(c2ccccc2)c2ccccc21.[Li+].[Li+].[c-]1ccccc1.[c-]1ccccc1. The first-order valence-electron chi connectivity index (χ1n) is 48.4. The summed E-state index contributed by atoms with van der Waals surface area (Å²) >= 11 is 0. The number of fused-ring (bicyclic) bond motifs is 10. The van der Waals surface area contributed by atoms with E-state index >= 15 is 0 Å². The molecular formula is C128H143Li2NO10. The minimum absolute atomic E-state index is 0. The molecule has 0 aromatic heterocycles. The van der Waals surface area contributed by atoms with Gasteiger partial charge in [0.05, 0.1) is 0 Å². The standard InChI is InChI=1S/2C26H20O2.3C14H8O2.2C6H5.10C2H6.CH5N.CH4.2Li/c2*27-25(19-11-3-1-4-12-19)21-15-7-9-17-23(21)26(28,20-13-5-2-6-14-20)24-18-10-8-16-22(24)25;3*15-13-9-5-1-2-6-10(9)14(16)12-8-4-3-7-11(12)13;2*1-2-4-6-5-3-1;11*1-2;;;/h2*1-18,27-28H;3*1-8H;2*1-5H;10*1-2H3;2H2,1H3;1H4;;/q;;;;;2*-1;;;;;;;;;;;;;2*+1. The number of rotatable bonds is 4. The number of aliphatic hydroxyl groups is 4. The van der Waals surface area contributed by atoms with Crippen LogP contribution in [0.3, 0.4) is 0 Å². The predicted octanol–water partition coefficient (Wildman–Crippen LogP) is 24.0. The number of nitrogens with two attached hydrogens (primary N) is 1. The number of carbonyl (C=O) groups excluding carboxylic acids is 6. The second kappa shape index (κ2) is 67.0. The summed E-state index contributed by atoms with van der Waals surface area (Å²) in [5.41, 5.74) is 13.9. The molecule has 21 rings (SSSR count). The Kier molecular flexibility index (Phi) is 59.6. The quantitative estimate of drug-likeness (QED) is 0.0827. The van der Waals surface area contributed by atoms with Gasteiger partial charge in [-0.05, 0) is 73.8 Å². The maximum absolute atomic E-state index is 12.1. The molecule has 0 heterocycles. The Balaban J connectivity index is 0.000000822. The Hall–Kier alpha value is -13.5. The molecule has 5 aliphatic carbocycles. The second-order valence-electron chi connectivity index (χ2n) is 27.9. The Labute approximate surface area is 866 Å². The van der Waals surface area contributed by atoms with Crippen molar-refractivity contribution in [2.75, 3.05) is 7.05 Å². The molecule has 0 atom stereocenters. The van der Waals surface area contributed by atoms with Gasteiger partial charge >= 0.3 is 37.7 Å². The van der Waals surface area contributed by atoms with Crippen LogP contribution in [-0.2, 0) is 22.4 Å². The van der Waals surface area contributed by atoms with Gasteiger partial charge in [0.2, 0.25) is 0 Å². The van der Waals surface area contributed by atoms with E-state index in [-0.39, 0.29) is 79.8 Å². The molecule has 11 nitrogen and oxygen atoms in total. The zero-order valence-electron chi connectivity index (χ0n) is 86.2. The molecule has 0 aliphatic heterocycles. The van der Waals surface area contributed by atoms with Crippen molar-refractivity contribution >= 4 is 34.7 Å². The van der Waals surface area contributed by atoms with Gasteiger partial charge in [0.15, 0.2) is 34.7 Å². The summed E-state index contributed by atoms with van der Waals surface area (Å²) in [4.78, 5) is 72.6. The molecule has 16 aromatic rings. The molecule has 0 radical (unpaired) electrons. The van der Waals surface area contributed by atoms with Gasteiger partial charge in [-0.1, -0.05) is 510 Å². The zero-order valence-corrected chi connectivity index (χ0v) is 86.2. The molecule has 141 heavy (non-hydrogen) atoms. The molecule has 0 saturated heterocycles. The first kappa shape index (κ1) is 126. The molecule has 0 fully saturated rings. The number of benzene rings is 16. The van der Waals surface area contributed by atoms with Crippen molar-refractivity contribution in [3.05, 3.63) is 570 Å². The van der Waals surface area contributed by atoms with E-state index in [2.05, 4.69) is 17.9 Å². The third-order valence-electron chi connectivity index (χ3n) is 21.3. The Morgan fingerprint density at radius 1 is 0.163 bits per heavy atom. The largest absolute Gasteiger partial charge is 1.00 e. The summed E-state index contributed by atoms with van der Waals surface area (Å²) in [5.74, 6) is -0.384. The maximum atomic E-state index is 12.1. The van der Waals surface area contributed by atoms with Crippen LogP contribution in [0, 0.1) is 12.1 Å². The summed E-state index contributed by atoms with van der Waals surface area (Å²) in [6.07, 6.45) is 0. The van der Waals surface area contributed by atoms with Crippen molar-refractivity contribution in [2.45, 2.75) is 168 Å². The Bertz CT molecular complexity index is 5180. The average molecular weight is 1870 g/mol. The van der Waals surface area contributed by atoms with E-state index in [0.717, 1.165) is 22.3 Å². The van der Waals surface area contributed by atoms with Gasteiger partial charge in [-0.3, -0.25) is 28.8 Å². The minimum Gasteiger partial charge on any atom is -0.376 e. The predicted molar refractivity (Wildman–Crippen MR) is 580 cm³/mol. The van der Waals surface area contributed by atoms with Crippen LogP contribution in [0.25, 0.3) is 0 Å². The molecule has 16 aromatic carbocycles. The molecule has 0 amide bonds. The van der Waals surface area contributed by atoms with Gasteiger partial charge in [-0.2, -0.15) is 72.8 Å². The topological polar surface area (TPSA) is 209 Å². The molecule has 13 heteroatoms. The zero-order chi connectivity index (χ0) is 102. The Morgan fingerprint density at radius 2 is 0.255 bits per heavy atom. The van der Waals surface area contributed by atoms with Crippen LogP contribution in [-0.4, -0.2) is 62.2 Å². The van der Waals surface area contributed by atoms with E-state index in [4.69, 9.17) is 0 Å². The van der Waals surface area contributed by atoms with E-state index < -0.39 is 22.4 Å². The van der Waals surface area contributed by atoms with Crippen LogP contribution in [0.15, 0.2) is 425 Å². The van der Waals surface area contributed by atoms with Crippen LogP contribution in [0.4, 0.5) is 0 Å². The Morgan fingerprint density at radius 3 is 0.348 bits per heavy atom. The van der Waals surface area contributed by atoms with E-state index in [1.165, 1.54) is 7.05 Å². The van der Waals surface area contributed by atoms with E-state index in [1.54, 1.807) is 146 Å². The molecule has 0 saturated carbocycles. The summed E-state index contributed by atoms with van der Waals surface area (Å²) in [6, 6.07) is 136. The van der Waals surface area contributed by atoms with Crippen molar-refractivity contribution in [2.24, 2.45) is 5.73 Å². The number of ketones is 6. The first-order valence-corrected chi connectivity index (χ1v) is 48.4. The van der Waals surface area contributed by atoms with Crippen LogP contribution >= 0.6 is 0 Å². The molecular weight excluding hydrogens is 1730 g/mol. The molecule has 0 spiro atoms. The van der Waals surface area contributed by atoms with Gasteiger partial charge in [0.25, 0.3) is 0 Å². The van der Waals surface area contributed by atoms with Gasteiger partial charge in [-0.15, -0.1) is 0 Å². The second-order valence-corrected chi connectivity index (χ2v) is 27.9. The normalized spacial score (nSPS) is 14.8. The molecule has 722 valence electrons. The van der Waals surface area contributed by atoms with Crippen molar-refractivity contribution in [1.29, 1.82) is 0 Å². The minimum atomic E-state index is -1.34. The van der Waals surface area contributed by atoms with Gasteiger partial charge < -0.3 is 26.2 Å². The summed E-state index contributed by atoms with van der Waals surface area (Å²) in [5, 5.41) is 48.5. The van der Waals surface area contributed by atoms with Crippen LogP contribution in [0.2, 0.25) is 0 Å². The van der Waals surface area contributed by atoms with Crippen molar-refractivity contribution in [3.8, 4) is 0 Å². The third kappa shape index (κ3) is 28.9. The molecule has 0 bridgehead atoms. The molecule has 0 unspecified atom stereocenters.